The number of benzene rings is 1. The highest BCUT2D eigenvalue weighted by Gasteiger charge is 2.24. The zero-order valence-corrected chi connectivity index (χ0v) is 16.0. The summed E-state index contributed by atoms with van der Waals surface area (Å²) in [6.07, 6.45) is 0. The Morgan fingerprint density at radius 3 is 2.72 bits per heavy atom. The van der Waals surface area contributed by atoms with Gasteiger partial charge in [-0.25, -0.2) is 0 Å². The third-order valence-corrected chi connectivity index (χ3v) is 6.03. The van der Waals surface area contributed by atoms with Crippen molar-refractivity contribution < 1.29 is 9.53 Å². The van der Waals surface area contributed by atoms with Gasteiger partial charge in [-0.3, -0.25) is 4.79 Å². The van der Waals surface area contributed by atoms with Gasteiger partial charge in [0.15, 0.2) is 5.76 Å². The van der Waals surface area contributed by atoms with Crippen LogP contribution in [0.1, 0.15) is 16.5 Å². The van der Waals surface area contributed by atoms with Crippen LogP contribution in [-0.2, 0) is 9.53 Å². The summed E-state index contributed by atoms with van der Waals surface area (Å²) in [5.41, 5.74) is 1.03. The van der Waals surface area contributed by atoms with Crippen LogP contribution in [0.15, 0.2) is 53.6 Å². The molecule has 1 aromatic heterocycles. The molecule has 1 aliphatic rings. The first-order valence-corrected chi connectivity index (χ1v) is 10.1. The van der Waals surface area contributed by atoms with Gasteiger partial charge in [0, 0.05) is 17.2 Å². The summed E-state index contributed by atoms with van der Waals surface area (Å²) in [7, 11) is 4.05. The molecule has 0 radical (unpaired) electrons. The Morgan fingerprint density at radius 1 is 1.24 bits per heavy atom. The van der Waals surface area contributed by atoms with Crippen LogP contribution in [0, 0.1) is 0 Å². The van der Waals surface area contributed by atoms with Crippen LogP contribution in [0.3, 0.4) is 0 Å². The summed E-state index contributed by atoms with van der Waals surface area (Å²) < 4.78 is 5.73. The van der Waals surface area contributed by atoms with Gasteiger partial charge < -0.3 is 15.0 Å². The molecule has 4 nitrogen and oxygen atoms in total. The topological polar surface area (TPSA) is 41.6 Å². The molecule has 3 rings (SSSR count). The maximum atomic E-state index is 12.8. The monoisotopic (exact) mass is 374 g/mol. The second-order valence-corrected chi connectivity index (χ2v) is 8.01. The maximum absolute atomic E-state index is 12.8. The Bertz CT molecular complexity index is 727. The number of likely N-dealkylation sites (N-methyl/N-ethyl adjacent to an activating group) is 1. The first-order valence-electron chi connectivity index (χ1n) is 8.20. The van der Waals surface area contributed by atoms with E-state index in [1.54, 1.807) is 23.1 Å². The number of ether oxygens (including phenoxy) is 1. The van der Waals surface area contributed by atoms with Gasteiger partial charge in [0.25, 0.3) is 5.91 Å². The first kappa shape index (κ1) is 18.0. The Labute approximate surface area is 156 Å². The van der Waals surface area contributed by atoms with Crippen molar-refractivity contribution in [1.82, 2.24) is 10.2 Å². The lowest BCUT2D eigenvalue weighted by Gasteiger charge is -2.25. The molecule has 2 aromatic rings. The predicted octanol–water partition coefficient (Wildman–Crippen LogP) is 3.60. The lowest BCUT2D eigenvalue weighted by atomic mass is 10.2. The van der Waals surface area contributed by atoms with Crippen molar-refractivity contribution in [1.29, 1.82) is 0 Å². The normalized spacial score (nSPS) is 15.8. The SMILES string of the molecule is CN(C)C(CNC(=O)C1=C(c2ccccc2)SCCO1)c1cccs1. The quantitative estimate of drug-likeness (QED) is 0.839. The van der Waals surface area contributed by atoms with Crippen LogP contribution in [-0.4, -0.2) is 43.8 Å². The third-order valence-electron chi connectivity index (χ3n) is 3.98. The molecule has 0 aliphatic carbocycles. The molecule has 1 aromatic carbocycles. The van der Waals surface area contributed by atoms with Crippen molar-refractivity contribution in [3.63, 3.8) is 0 Å². The fourth-order valence-electron chi connectivity index (χ4n) is 2.68. The van der Waals surface area contributed by atoms with E-state index >= 15 is 0 Å². The number of thiophene rings is 1. The standard InChI is InChI=1S/C19H22N2O2S2/c1-21(2)15(16-9-6-11-24-16)13-20-19(22)17-18(25-12-10-23-17)14-7-4-3-5-8-14/h3-9,11,15H,10,12-13H2,1-2H3,(H,20,22). The molecule has 1 unspecified atom stereocenters. The molecule has 132 valence electrons. The van der Waals surface area contributed by atoms with Crippen LogP contribution in [0.2, 0.25) is 0 Å². The highest BCUT2D eigenvalue weighted by molar-refractivity contribution is 8.08. The zero-order valence-electron chi connectivity index (χ0n) is 14.4. The van der Waals surface area contributed by atoms with E-state index in [9.17, 15) is 4.79 Å². The number of rotatable bonds is 6. The van der Waals surface area contributed by atoms with Gasteiger partial charge in [0.05, 0.1) is 17.6 Å². The van der Waals surface area contributed by atoms with E-state index in [-0.39, 0.29) is 11.9 Å². The van der Waals surface area contributed by atoms with Gasteiger partial charge in [-0.15, -0.1) is 23.1 Å². The maximum Gasteiger partial charge on any atom is 0.287 e. The molecule has 0 bridgehead atoms. The predicted molar refractivity (Wildman–Crippen MR) is 106 cm³/mol. The van der Waals surface area contributed by atoms with Crippen molar-refractivity contribution in [3.8, 4) is 0 Å². The van der Waals surface area contributed by atoms with Gasteiger partial charge in [-0.05, 0) is 31.1 Å². The largest absolute Gasteiger partial charge is 0.486 e. The second-order valence-electron chi connectivity index (χ2n) is 5.93. The Hall–Kier alpha value is -1.76. The third kappa shape index (κ3) is 4.45. The summed E-state index contributed by atoms with van der Waals surface area (Å²) in [6.45, 7) is 1.11. The number of nitrogens with one attached hydrogen (secondary N) is 1. The van der Waals surface area contributed by atoms with Crippen molar-refractivity contribution in [2.24, 2.45) is 0 Å². The van der Waals surface area contributed by atoms with E-state index < -0.39 is 0 Å². The summed E-state index contributed by atoms with van der Waals surface area (Å²) in [4.78, 5) is 17.0. The molecule has 2 heterocycles. The molecule has 1 aliphatic heterocycles. The molecule has 25 heavy (non-hydrogen) atoms. The van der Waals surface area contributed by atoms with Crippen molar-refractivity contribution >= 4 is 33.9 Å². The van der Waals surface area contributed by atoms with Crippen LogP contribution in [0.4, 0.5) is 0 Å². The van der Waals surface area contributed by atoms with Gasteiger partial charge in [-0.2, -0.15) is 0 Å². The van der Waals surface area contributed by atoms with Gasteiger partial charge in [0.1, 0.15) is 0 Å². The van der Waals surface area contributed by atoms with Crippen LogP contribution in [0.25, 0.3) is 4.91 Å². The van der Waals surface area contributed by atoms with Gasteiger partial charge >= 0.3 is 0 Å². The number of hydrogen-bond acceptors (Lipinski definition) is 5. The first-order chi connectivity index (χ1) is 12.2. The molecule has 0 fully saturated rings. The molecule has 0 saturated heterocycles. The Morgan fingerprint density at radius 2 is 2.04 bits per heavy atom. The Balaban J connectivity index is 1.75. The van der Waals surface area contributed by atoms with E-state index in [1.165, 1.54) is 4.88 Å². The summed E-state index contributed by atoms with van der Waals surface area (Å²) >= 11 is 3.38. The fourth-order valence-corrected chi connectivity index (χ4v) is 4.56. The number of thioether (sulfide) groups is 1. The smallest absolute Gasteiger partial charge is 0.287 e. The Kier molecular flexibility index (Phi) is 6.18. The van der Waals surface area contributed by atoms with E-state index in [0.29, 0.717) is 18.9 Å². The summed E-state index contributed by atoms with van der Waals surface area (Å²) in [5, 5.41) is 5.11. The molecule has 6 heteroatoms. The minimum atomic E-state index is -0.144. The van der Waals surface area contributed by atoms with E-state index in [0.717, 1.165) is 16.2 Å². The van der Waals surface area contributed by atoms with Crippen LogP contribution in [0.5, 0.6) is 0 Å². The second kappa shape index (κ2) is 8.56. The molecule has 1 N–H and O–H groups in total. The average Bonchev–Trinajstić information content (AvgIpc) is 3.16. The molecule has 1 amide bonds. The minimum Gasteiger partial charge on any atom is -0.486 e. The lowest BCUT2D eigenvalue weighted by molar-refractivity contribution is -0.120. The van der Waals surface area contributed by atoms with Crippen LogP contribution < -0.4 is 5.32 Å². The molecular weight excluding hydrogens is 352 g/mol. The van der Waals surface area contributed by atoms with E-state index in [1.807, 2.05) is 50.5 Å². The van der Waals surface area contributed by atoms with E-state index in [4.69, 9.17) is 4.74 Å². The summed E-state index contributed by atoms with van der Waals surface area (Å²) in [6, 6.07) is 14.2. The minimum absolute atomic E-state index is 0.144. The van der Waals surface area contributed by atoms with Gasteiger partial charge in [-0.1, -0.05) is 36.4 Å². The van der Waals surface area contributed by atoms with Crippen LogP contribution >= 0.6 is 23.1 Å². The van der Waals surface area contributed by atoms with Crippen molar-refractivity contribution in [2.75, 3.05) is 33.0 Å². The fraction of sp³-hybridized carbons (Fsp3) is 0.316. The number of carbonyl (C=O) groups is 1. The average molecular weight is 375 g/mol. The highest BCUT2D eigenvalue weighted by Crippen LogP contribution is 2.34. The molecule has 1 atom stereocenters. The van der Waals surface area contributed by atoms with Crippen molar-refractivity contribution in [2.45, 2.75) is 6.04 Å². The van der Waals surface area contributed by atoms with Crippen molar-refractivity contribution in [3.05, 3.63) is 64.0 Å². The van der Waals surface area contributed by atoms with E-state index in [2.05, 4.69) is 21.7 Å². The molecule has 0 spiro atoms. The number of nitrogens with zero attached hydrogens (tertiary/aromatic N) is 1. The lowest BCUT2D eigenvalue weighted by Crippen LogP contribution is -2.36. The van der Waals surface area contributed by atoms with Gasteiger partial charge in [0.2, 0.25) is 0 Å². The zero-order chi connectivity index (χ0) is 17.6. The molecular formula is C19H22N2O2S2. The number of amides is 1. The summed E-state index contributed by atoms with van der Waals surface area (Å²) in [5.74, 6) is 1.15. The highest BCUT2D eigenvalue weighted by atomic mass is 32.2. The number of hydrogen-bond donors (Lipinski definition) is 1. The molecule has 0 saturated carbocycles. The number of carbonyl (C=O) groups excluding carboxylic acids is 1.